The molecule has 1 amide bonds. The summed E-state index contributed by atoms with van der Waals surface area (Å²) < 4.78 is 33.4. The predicted molar refractivity (Wildman–Crippen MR) is 118 cm³/mol. The first-order chi connectivity index (χ1) is 14.3. The van der Waals surface area contributed by atoms with Crippen molar-refractivity contribution in [3.8, 4) is 0 Å². The Bertz CT molecular complexity index is 981. The molecule has 30 heavy (non-hydrogen) atoms. The first-order valence-corrected chi connectivity index (χ1v) is 12.2. The van der Waals surface area contributed by atoms with Crippen molar-refractivity contribution in [3.63, 3.8) is 0 Å². The highest BCUT2D eigenvalue weighted by molar-refractivity contribution is 7.89. The van der Waals surface area contributed by atoms with Gasteiger partial charge in [0.2, 0.25) is 15.9 Å². The van der Waals surface area contributed by atoms with Gasteiger partial charge >= 0.3 is 0 Å². The molecule has 1 aliphatic rings. The summed E-state index contributed by atoms with van der Waals surface area (Å²) in [5.74, 6) is -0.254. The van der Waals surface area contributed by atoms with Gasteiger partial charge in [-0.05, 0) is 57.5 Å². The van der Waals surface area contributed by atoms with Crippen LogP contribution in [-0.4, -0.2) is 69.0 Å². The first kappa shape index (κ1) is 22.7. The van der Waals surface area contributed by atoms with Gasteiger partial charge in [0, 0.05) is 31.1 Å². The Morgan fingerprint density at radius 3 is 2.93 bits per heavy atom. The molecule has 1 N–H and O–H groups in total. The van der Waals surface area contributed by atoms with Gasteiger partial charge in [0.05, 0.1) is 5.92 Å². The molecule has 1 fully saturated rings. The van der Waals surface area contributed by atoms with Gasteiger partial charge in [-0.1, -0.05) is 11.2 Å². The van der Waals surface area contributed by atoms with E-state index in [4.69, 9.17) is 4.52 Å². The molecule has 1 saturated heterocycles. The number of carbonyl (C=O) groups is 1. The lowest BCUT2D eigenvalue weighted by atomic mass is 9.99. The molecular weight excluding hydrogens is 424 g/mol. The smallest absolute Gasteiger partial charge is 0.248 e. The third-order valence-electron chi connectivity index (χ3n) is 4.99. The number of aryl methyl sites for hydroxylation is 1. The SMILES string of the molecule is Cc1noc(/C=C/c2cccs2)c1S(=O)(=O)N1CCCC(C(=O)NCCN(C)C)C1. The maximum Gasteiger partial charge on any atom is 0.248 e. The summed E-state index contributed by atoms with van der Waals surface area (Å²) in [6.45, 7) is 3.43. The highest BCUT2D eigenvalue weighted by atomic mass is 32.2. The van der Waals surface area contributed by atoms with Gasteiger partial charge in [-0.3, -0.25) is 4.79 Å². The summed E-state index contributed by atoms with van der Waals surface area (Å²) in [7, 11) is 0.0443. The first-order valence-electron chi connectivity index (χ1n) is 9.89. The summed E-state index contributed by atoms with van der Waals surface area (Å²) >= 11 is 1.55. The summed E-state index contributed by atoms with van der Waals surface area (Å²) in [5, 5.41) is 8.73. The number of piperidine rings is 1. The molecule has 0 aliphatic carbocycles. The molecule has 2 aromatic heterocycles. The average Bonchev–Trinajstić information content (AvgIpc) is 3.35. The molecule has 0 radical (unpaired) electrons. The van der Waals surface area contributed by atoms with E-state index in [1.807, 2.05) is 36.5 Å². The zero-order valence-corrected chi connectivity index (χ0v) is 19.1. The van der Waals surface area contributed by atoms with Gasteiger partial charge in [0.25, 0.3) is 0 Å². The molecule has 10 heteroatoms. The highest BCUT2D eigenvalue weighted by Crippen LogP contribution is 2.29. The zero-order valence-electron chi connectivity index (χ0n) is 17.5. The number of nitrogens with one attached hydrogen (secondary N) is 1. The van der Waals surface area contributed by atoms with Crippen LogP contribution in [0.2, 0.25) is 0 Å². The second-order valence-corrected chi connectivity index (χ2v) is 10.5. The molecule has 3 heterocycles. The maximum atomic E-state index is 13.4. The van der Waals surface area contributed by atoms with E-state index in [0.29, 0.717) is 31.6 Å². The normalized spacial score (nSPS) is 18.3. The van der Waals surface area contributed by atoms with Crippen LogP contribution in [0.5, 0.6) is 0 Å². The molecule has 3 rings (SSSR count). The number of sulfonamides is 1. The highest BCUT2D eigenvalue weighted by Gasteiger charge is 2.36. The zero-order chi connectivity index (χ0) is 21.7. The molecule has 0 spiro atoms. The molecule has 8 nitrogen and oxygen atoms in total. The molecular formula is C20H28N4O4S2. The fourth-order valence-electron chi connectivity index (χ4n) is 3.39. The number of amides is 1. The van der Waals surface area contributed by atoms with E-state index in [0.717, 1.165) is 11.4 Å². The van der Waals surface area contributed by atoms with Crippen molar-refractivity contribution in [1.82, 2.24) is 19.7 Å². The minimum absolute atomic E-state index is 0.0731. The monoisotopic (exact) mass is 452 g/mol. The number of nitrogens with zero attached hydrogens (tertiary/aromatic N) is 3. The number of hydrogen-bond donors (Lipinski definition) is 1. The average molecular weight is 453 g/mol. The van der Waals surface area contributed by atoms with Crippen LogP contribution in [0.1, 0.15) is 29.2 Å². The number of likely N-dealkylation sites (N-methyl/N-ethyl adjacent to an activating group) is 1. The van der Waals surface area contributed by atoms with Crippen molar-refractivity contribution in [2.75, 3.05) is 40.3 Å². The van der Waals surface area contributed by atoms with Crippen LogP contribution in [0.25, 0.3) is 12.2 Å². The summed E-state index contributed by atoms with van der Waals surface area (Å²) in [6, 6.07) is 3.85. The van der Waals surface area contributed by atoms with E-state index >= 15 is 0 Å². The lowest BCUT2D eigenvalue weighted by molar-refractivity contribution is -0.126. The molecule has 1 atom stereocenters. The standard InChI is InChI=1S/C20H28N4O4S2/c1-15-19(18(28-22-15)9-8-17-7-5-13-29-17)30(26,27)24-11-4-6-16(14-24)20(25)21-10-12-23(2)3/h5,7-9,13,16H,4,6,10-12,14H2,1-3H3,(H,21,25)/b9-8+. The molecule has 1 unspecified atom stereocenters. The Morgan fingerprint density at radius 2 is 2.23 bits per heavy atom. The lowest BCUT2D eigenvalue weighted by Crippen LogP contribution is -2.46. The van der Waals surface area contributed by atoms with Crippen molar-refractivity contribution >= 4 is 39.4 Å². The van der Waals surface area contributed by atoms with Gasteiger partial charge < -0.3 is 14.7 Å². The van der Waals surface area contributed by atoms with E-state index in [9.17, 15) is 13.2 Å². The number of rotatable bonds is 8. The third kappa shape index (κ3) is 5.37. The van der Waals surface area contributed by atoms with E-state index in [-0.39, 0.29) is 29.0 Å². The van der Waals surface area contributed by atoms with Gasteiger partial charge in [-0.15, -0.1) is 11.3 Å². The molecule has 164 valence electrons. The van der Waals surface area contributed by atoms with Crippen LogP contribution in [0, 0.1) is 12.8 Å². The van der Waals surface area contributed by atoms with Crippen LogP contribution in [0.3, 0.4) is 0 Å². The van der Waals surface area contributed by atoms with Crippen molar-refractivity contribution in [2.45, 2.75) is 24.7 Å². The Kier molecular flexibility index (Phi) is 7.45. The van der Waals surface area contributed by atoms with Gasteiger partial charge in [0.15, 0.2) is 10.7 Å². The second kappa shape index (κ2) is 9.86. The molecule has 0 saturated carbocycles. The molecule has 0 aromatic carbocycles. The molecule has 2 aromatic rings. The van der Waals surface area contributed by atoms with Gasteiger partial charge in [-0.25, -0.2) is 8.42 Å². The van der Waals surface area contributed by atoms with Crippen molar-refractivity contribution < 1.29 is 17.7 Å². The predicted octanol–water partition coefficient (Wildman–Crippen LogP) is 2.29. The number of carbonyl (C=O) groups excluding carboxylic acids is 1. The Balaban J connectivity index is 1.75. The largest absolute Gasteiger partial charge is 0.355 e. The number of thiophene rings is 1. The number of hydrogen-bond acceptors (Lipinski definition) is 7. The fraction of sp³-hybridized carbons (Fsp3) is 0.500. The van der Waals surface area contributed by atoms with Crippen LogP contribution >= 0.6 is 11.3 Å². The van der Waals surface area contributed by atoms with Crippen LogP contribution in [0.15, 0.2) is 26.9 Å². The van der Waals surface area contributed by atoms with E-state index in [2.05, 4.69) is 10.5 Å². The van der Waals surface area contributed by atoms with Crippen LogP contribution in [0.4, 0.5) is 0 Å². The number of aromatic nitrogens is 1. The minimum Gasteiger partial charge on any atom is -0.355 e. The second-order valence-electron chi connectivity index (χ2n) is 7.61. The Labute approximate surface area is 181 Å². The maximum absolute atomic E-state index is 13.4. The van der Waals surface area contributed by atoms with Crippen molar-refractivity contribution in [2.24, 2.45) is 5.92 Å². The van der Waals surface area contributed by atoms with E-state index < -0.39 is 10.0 Å². The van der Waals surface area contributed by atoms with Crippen molar-refractivity contribution in [3.05, 3.63) is 33.8 Å². The van der Waals surface area contributed by atoms with Gasteiger partial charge in [-0.2, -0.15) is 4.31 Å². The quantitative estimate of drug-likeness (QED) is 0.660. The fourth-order valence-corrected chi connectivity index (χ4v) is 5.79. The van der Waals surface area contributed by atoms with Crippen LogP contribution in [-0.2, 0) is 14.8 Å². The minimum atomic E-state index is -3.83. The topological polar surface area (TPSA) is 95.8 Å². The lowest BCUT2D eigenvalue weighted by Gasteiger charge is -2.31. The molecule has 1 aliphatic heterocycles. The summed E-state index contributed by atoms with van der Waals surface area (Å²) in [5.41, 5.74) is 0.318. The third-order valence-corrected chi connectivity index (χ3v) is 7.85. The summed E-state index contributed by atoms with van der Waals surface area (Å²) in [6.07, 6.45) is 4.75. The Hall–Kier alpha value is -2.01. The summed E-state index contributed by atoms with van der Waals surface area (Å²) in [4.78, 5) is 15.6. The van der Waals surface area contributed by atoms with E-state index in [1.54, 1.807) is 30.4 Å². The van der Waals surface area contributed by atoms with E-state index in [1.165, 1.54) is 4.31 Å². The Morgan fingerprint density at radius 1 is 1.43 bits per heavy atom. The van der Waals surface area contributed by atoms with Crippen LogP contribution < -0.4 is 5.32 Å². The van der Waals surface area contributed by atoms with Gasteiger partial charge in [0.1, 0.15) is 5.69 Å². The van der Waals surface area contributed by atoms with Crippen molar-refractivity contribution in [1.29, 1.82) is 0 Å². The molecule has 0 bridgehead atoms.